The molecule has 90 valence electrons. The molecular formula is C9H20N2O3S. The van der Waals surface area contributed by atoms with Gasteiger partial charge in [0.1, 0.15) is 0 Å². The maximum Gasteiger partial charge on any atom is 0.212 e. The van der Waals surface area contributed by atoms with Crippen molar-refractivity contribution >= 4 is 10.0 Å². The highest BCUT2D eigenvalue weighted by molar-refractivity contribution is 7.89. The first-order chi connectivity index (χ1) is 7.14. The van der Waals surface area contributed by atoms with E-state index in [1.54, 1.807) is 0 Å². The van der Waals surface area contributed by atoms with Gasteiger partial charge in [0.15, 0.2) is 0 Å². The minimum Gasteiger partial charge on any atom is -0.381 e. The number of nitrogens with one attached hydrogen (secondary N) is 2. The topological polar surface area (TPSA) is 67.4 Å². The summed E-state index contributed by atoms with van der Waals surface area (Å²) in [5.74, 6) is 0.781. The molecule has 1 aliphatic heterocycles. The van der Waals surface area contributed by atoms with Crippen molar-refractivity contribution in [1.82, 2.24) is 10.0 Å². The number of hydrogen-bond donors (Lipinski definition) is 2. The van der Waals surface area contributed by atoms with E-state index >= 15 is 0 Å². The molecular weight excluding hydrogens is 216 g/mol. The molecule has 2 N–H and O–H groups in total. The highest BCUT2D eigenvalue weighted by Gasteiger charge is 2.13. The van der Waals surface area contributed by atoms with Crippen LogP contribution in [0.5, 0.6) is 0 Å². The van der Waals surface area contributed by atoms with Gasteiger partial charge in [0, 0.05) is 19.8 Å². The lowest BCUT2D eigenvalue weighted by Crippen LogP contribution is -2.33. The van der Waals surface area contributed by atoms with Gasteiger partial charge in [-0.05, 0) is 32.4 Å². The summed E-state index contributed by atoms with van der Waals surface area (Å²) in [7, 11) is -1.62. The molecule has 1 heterocycles. The van der Waals surface area contributed by atoms with Crippen LogP contribution in [0.3, 0.4) is 0 Å². The lowest BCUT2D eigenvalue weighted by Gasteiger charge is -2.22. The van der Waals surface area contributed by atoms with Gasteiger partial charge in [-0.1, -0.05) is 0 Å². The first-order valence-corrected chi connectivity index (χ1v) is 6.99. The third-order valence-corrected chi connectivity index (χ3v) is 4.00. The van der Waals surface area contributed by atoms with Crippen LogP contribution >= 0.6 is 0 Å². The minimum absolute atomic E-state index is 0.146. The molecule has 0 aromatic rings. The first kappa shape index (κ1) is 12.9. The van der Waals surface area contributed by atoms with Crippen molar-refractivity contribution in [2.75, 3.05) is 39.1 Å². The van der Waals surface area contributed by atoms with Crippen LogP contribution < -0.4 is 10.0 Å². The Morgan fingerprint density at radius 2 is 2.00 bits per heavy atom. The van der Waals surface area contributed by atoms with Crippen LogP contribution in [0.2, 0.25) is 0 Å². The van der Waals surface area contributed by atoms with Crippen LogP contribution in [0.4, 0.5) is 0 Å². The van der Waals surface area contributed by atoms with Gasteiger partial charge >= 0.3 is 0 Å². The van der Waals surface area contributed by atoms with Gasteiger partial charge in [-0.25, -0.2) is 13.1 Å². The molecule has 0 aromatic heterocycles. The summed E-state index contributed by atoms with van der Waals surface area (Å²) in [5, 5.41) is 3.17. The molecule has 0 atom stereocenters. The van der Waals surface area contributed by atoms with Crippen molar-refractivity contribution < 1.29 is 13.2 Å². The van der Waals surface area contributed by atoms with Crippen LogP contribution in [0, 0.1) is 5.92 Å². The second kappa shape index (κ2) is 6.42. The molecule has 1 aliphatic rings. The Kier molecular flexibility index (Phi) is 5.52. The first-order valence-electron chi connectivity index (χ1n) is 5.34. The molecule has 1 fully saturated rings. The maximum absolute atomic E-state index is 11.1. The summed E-state index contributed by atoms with van der Waals surface area (Å²) < 4.78 is 29.7. The summed E-state index contributed by atoms with van der Waals surface area (Å²) >= 11 is 0. The van der Waals surface area contributed by atoms with Crippen LogP contribution in [0.1, 0.15) is 12.8 Å². The van der Waals surface area contributed by atoms with Gasteiger partial charge in [-0.3, -0.25) is 0 Å². The molecule has 0 aromatic carbocycles. The molecule has 0 bridgehead atoms. The molecule has 0 amide bonds. The smallest absolute Gasteiger partial charge is 0.212 e. The van der Waals surface area contributed by atoms with Crippen LogP contribution in [0.15, 0.2) is 0 Å². The van der Waals surface area contributed by atoms with Crippen molar-refractivity contribution in [3.05, 3.63) is 0 Å². The Morgan fingerprint density at radius 1 is 1.33 bits per heavy atom. The van der Waals surface area contributed by atoms with Crippen molar-refractivity contribution in [2.45, 2.75) is 12.8 Å². The predicted molar refractivity (Wildman–Crippen MR) is 59.3 cm³/mol. The fraction of sp³-hybridized carbons (Fsp3) is 1.00. The summed E-state index contributed by atoms with van der Waals surface area (Å²) in [6, 6.07) is 0. The van der Waals surface area contributed by atoms with E-state index in [1.165, 1.54) is 7.05 Å². The van der Waals surface area contributed by atoms with E-state index in [1.807, 2.05) is 0 Å². The van der Waals surface area contributed by atoms with Gasteiger partial charge < -0.3 is 10.1 Å². The Morgan fingerprint density at radius 3 is 2.60 bits per heavy atom. The number of hydrogen-bond acceptors (Lipinski definition) is 4. The maximum atomic E-state index is 11.1. The third kappa shape index (κ3) is 5.46. The monoisotopic (exact) mass is 236 g/mol. The van der Waals surface area contributed by atoms with Crippen molar-refractivity contribution in [3.63, 3.8) is 0 Å². The van der Waals surface area contributed by atoms with E-state index in [0.717, 1.165) is 32.6 Å². The van der Waals surface area contributed by atoms with E-state index in [-0.39, 0.29) is 5.75 Å². The molecule has 0 saturated carbocycles. The fourth-order valence-electron chi connectivity index (χ4n) is 1.57. The Labute approximate surface area is 91.6 Å². The number of rotatable bonds is 6. The number of sulfonamides is 1. The molecule has 1 saturated heterocycles. The van der Waals surface area contributed by atoms with E-state index in [2.05, 4.69) is 10.0 Å². The highest BCUT2D eigenvalue weighted by Crippen LogP contribution is 2.12. The Bertz CT molecular complexity index is 261. The van der Waals surface area contributed by atoms with E-state index < -0.39 is 10.0 Å². The van der Waals surface area contributed by atoms with Crippen LogP contribution in [0.25, 0.3) is 0 Å². The lowest BCUT2D eigenvalue weighted by molar-refractivity contribution is 0.0665. The van der Waals surface area contributed by atoms with Gasteiger partial charge in [-0.15, -0.1) is 0 Å². The predicted octanol–water partition coefficient (Wildman–Crippen LogP) is -0.448. The zero-order chi connectivity index (χ0) is 11.1. The lowest BCUT2D eigenvalue weighted by atomic mass is 10.0. The summed E-state index contributed by atoms with van der Waals surface area (Å²) in [4.78, 5) is 0. The van der Waals surface area contributed by atoms with Gasteiger partial charge in [0.2, 0.25) is 10.0 Å². The van der Waals surface area contributed by atoms with Gasteiger partial charge in [0.05, 0.1) is 5.75 Å². The Hall–Kier alpha value is -0.170. The minimum atomic E-state index is -3.06. The zero-order valence-corrected chi connectivity index (χ0v) is 9.98. The zero-order valence-electron chi connectivity index (χ0n) is 9.16. The van der Waals surface area contributed by atoms with Crippen molar-refractivity contribution in [2.24, 2.45) is 5.92 Å². The quantitative estimate of drug-likeness (QED) is 0.613. The molecule has 0 spiro atoms. The summed E-state index contributed by atoms with van der Waals surface area (Å²) in [6.07, 6.45) is 2.15. The molecule has 0 unspecified atom stereocenters. The van der Waals surface area contributed by atoms with Crippen molar-refractivity contribution in [1.29, 1.82) is 0 Å². The normalized spacial score (nSPS) is 19.3. The molecule has 0 aliphatic carbocycles. The van der Waals surface area contributed by atoms with Crippen molar-refractivity contribution in [3.8, 4) is 0 Å². The van der Waals surface area contributed by atoms with E-state index in [4.69, 9.17) is 4.74 Å². The second-order valence-electron chi connectivity index (χ2n) is 3.78. The molecule has 6 heteroatoms. The largest absolute Gasteiger partial charge is 0.381 e. The second-order valence-corrected chi connectivity index (χ2v) is 5.83. The van der Waals surface area contributed by atoms with Gasteiger partial charge in [0.25, 0.3) is 0 Å². The molecule has 5 nitrogen and oxygen atoms in total. The fourth-order valence-corrected chi connectivity index (χ4v) is 2.18. The van der Waals surface area contributed by atoms with E-state index in [9.17, 15) is 8.42 Å². The van der Waals surface area contributed by atoms with Crippen LogP contribution in [-0.4, -0.2) is 47.5 Å². The van der Waals surface area contributed by atoms with Crippen LogP contribution in [-0.2, 0) is 14.8 Å². The molecule has 0 radical (unpaired) electrons. The average molecular weight is 236 g/mol. The third-order valence-electron chi connectivity index (χ3n) is 2.63. The molecule has 15 heavy (non-hydrogen) atoms. The van der Waals surface area contributed by atoms with Gasteiger partial charge in [-0.2, -0.15) is 0 Å². The summed E-state index contributed by atoms with van der Waals surface area (Å²) in [5.41, 5.74) is 0. The van der Waals surface area contributed by atoms with E-state index in [0.29, 0.717) is 12.5 Å². The Balaban J connectivity index is 2.06. The highest BCUT2D eigenvalue weighted by atomic mass is 32.2. The number of ether oxygens (including phenoxy) is 1. The SMILES string of the molecule is CNS(=O)(=O)CCNCC1CCOCC1. The summed E-state index contributed by atoms with van der Waals surface area (Å²) in [6.45, 7) is 3.07. The standard InChI is InChI=1S/C9H20N2O3S/c1-10-15(12,13)7-4-11-8-9-2-5-14-6-3-9/h9-11H,2-8H2,1H3. The molecule has 1 rings (SSSR count). The average Bonchev–Trinajstić information content (AvgIpc) is 2.26.